The Balaban J connectivity index is 2.20. The van der Waals surface area contributed by atoms with Crippen LogP contribution in [0.25, 0.3) is 5.69 Å². The maximum Gasteiger partial charge on any atom is 0.251 e. The molecule has 6 heteroatoms. The van der Waals surface area contributed by atoms with Crippen LogP contribution in [0.15, 0.2) is 30.6 Å². The summed E-state index contributed by atoms with van der Waals surface area (Å²) in [5.41, 5.74) is 1.36. The molecule has 0 aliphatic heterocycles. The fourth-order valence-corrected chi connectivity index (χ4v) is 1.48. The topological polar surface area (TPSA) is 72.7 Å². The minimum Gasteiger partial charge on any atom is -0.350 e. The van der Waals surface area contributed by atoms with E-state index in [1.165, 1.54) is 11.0 Å². The van der Waals surface area contributed by atoms with Crippen LogP contribution in [0.4, 0.5) is 0 Å². The van der Waals surface area contributed by atoms with E-state index >= 15 is 0 Å². The van der Waals surface area contributed by atoms with Crippen LogP contribution >= 0.6 is 0 Å². The number of benzene rings is 1. The molecule has 0 spiro atoms. The predicted molar refractivity (Wildman–Crippen MR) is 66.4 cm³/mol. The Hall–Kier alpha value is -2.24. The number of hydrogen-bond donors (Lipinski definition) is 1. The zero-order chi connectivity index (χ0) is 13.0. The highest BCUT2D eigenvalue weighted by molar-refractivity contribution is 5.94. The maximum atomic E-state index is 12.0. The standard InChI is InChI=1S/C12H15N5O/c1-3-9(2)14-12(18)10-5-4-6-11(7-10)17-8-13-15-16-17/h4-9H,3H2,1-2H3,(H,14,18). The van der Waals surface area contributed by atoms with Gasteiger partial charge in [0.15, 0.2) is 0 Å². The number of carbonyl (C=O) groups excluding carboxylic acids is 1. The molecule has 94 valence electrons. The Morgan fingerprint density at radius 2 is 2.33 bits per heavy atom. The summed E-state index contributed by atoms with van der Waals surface area (Å²) in [6, 6.07) is 7.34. The summed E-state index contributed by atoms with van der Waals surface area (Å²) >= 11 is 0. The van der Waals surface area contributed by atoms with E-state index < -0.39 is 0 Å². The van der Waals surface area contributed by atoms with Gasteiger partial charge in [-0.15, -0.1) is 5.10 Å². The summed E-state index contributed by atoms with van der Waals surface area (Å²) in [4.78, 5) is 12.0. The quantitative estimate of drug-likeness (QED) is 0.878. The van der Waals surface area contributed by atoms with E-state index in [0.717, 1.165) is 12.1 Å². The van der Waals surface area contributed by atoms with Gasteiger partial charge >= 0.3 is 0 Å². The molecule has 2 aromatic rings. The Bertz CT molecular complexity index is 523. The van der Waals surface area contributed by atoms with E-state index in [1.807, 2.05) is 26.0 Å². The van der Waals surface area contributed by atoms with E-state index in [9.17, 15) is 4.79 Å². The highest BCUT2D eigenvalue weighted by Crippen LogP contribution is 2.09. The van der Waals surface area contributed by atoms with E-state index in [2.05, 4.69) is 20.8 Å². The lowest BCUT2D eigenvalue weighted by molar-refractivity contribution is 0.0939. The molecule has 0 radical (unpaired) electrons. The van der Waals surface area contributed by atoms with Crippen molar-refractivity contribution < 1.29 is 4.79 Å². The molecule has 0 saturated carbocycles. The molecule has 1 aromatic heterocycles. The van der Waals surface area contributed by atoms with Crippen LogP contribution in [0.2, 0.25) is 0 Å². The van der Waals surface area contributed by atoms with Crippen molar-refractivity contribution in [2.45, 2.75) is 26.3 Å². The first-order chi connectivity index (χ1) is 8.70. The molecule has 2 rings (SSSR count). The third kappa shape index (κ3) is 2.71. The van der Waals surface area contributed by atoms with Crippen LogP contribution in [-0.4, -0.2) is 32.2 Å². The van der Waals surface area contributed by atoms with Crippen molar-refractivity contribution in [1.29, 1.82) is 0 Å². The number of nitrogens with one attached hydrogen (secondary N) is 1. The van der Waals surface area contributed by atoms with Gasteiger partial charge in [0, 0.05) is 11.6 Å². The molecule has 0 aliphatic carbocycles. The molecule has 6 nitrogen and oxygen atoms in total. The van der Waals surface area contributed by atoms with Crippen molar-refractivity contribution in [2.75, 3.05) is 0 Å². The molecule has 1 aromatic carbocycles. The van der Waals surface area contributed by atoms with Gasteiger partial charge in [-0.3, -0.25) is 4.79 Å². The Kier molecular flexibility index (Phi) is 3.66. The summed E-state index contributed by atoms with van der Waals surface area (Å²) in [6.07, 6.45) is 2.39. The van der Waals surface area contributed by atoms with Gasteiger partial charge in [0.1, 0.15) is 6.33 Å². The number of tetrazole rings is 1. The Morgan fingerprint density at radius 1 is 1.50 bits per heavy atom. The van der Waals surface area contributed by atoms with Gasteiger partial charge in [-0.1, -0.05) is 13.0 Å². The second kappa shape index (κ2) is 5.39. The van der Waals surface area contributed by atoms with Gasteiger partial charge in [0.25, 0.3) is 5.91 Å². The first kappa shape index (κ1) is 12.2. The van der Waals surface area contributed by atoms with Crippen LogP contribution in [0.5, 0.6) is 0 Å². The monoisotopic (exact) mass is 245 g/mol. The van der Waals surface area contributed by atoms with Crippen molar-refractivity contribution in [1.82, 2.24) is 25.5 Å². The summed E-state index contributed by atoms with van der Waals surface area (Å²) < 4.78 is 1.51. The molecule has 1 heterocycles. The first-order valence-corrected chi connectivity index (χ1v) is 5.85. The van der Waals surface area contributed by atoms with Crippen molar-refractivity contribution >= 4 is 5.91 Å². The largest absolute Gasteiger partial charge is 0.350 e. The molecule has 1 atom stereocenters. The van der Waals surface area contributed by atoms with Crippen LogP contribution in [-0.2, 0) is 0 Å². The third-order valence-corrected chi connectivity index (χ3v) is 2.71. The van der Waals surface area contributed by atoms with E-state index in [1.54, 1.807) is 12.1 Å². The summed E-state index contributed by atoms with van der Waals surface area (Å²) in [6.45, 7) is 4.01. The number of carbonyl (C=O) groups is 1. The van der Waals surface area contributed by atoms with E-state index in [4.69, 9.17) is 0 Å². The van der Waals surface area contributed by atoms with Gasteiger partial charge in [-0.05, 0) is 42.0 Å². The minimum atomic E-state index is -0.0840. The van der Waals surface area contributed by atoms with Crippen LogP contribution in [0, 0.1) is 0 Å². The molecular weight excluding hydrogens is 230 g/mol. The molecule has 0 saturated heterocycles. The average Bonchev–Trinajstić information content (AvgIpc) is 2.92. The average molecular weight is 245 g/mol. The van der Waals surface area contributed by atoms with E-state index in [0.29, 0.717) is 5.56 Å². The van der Waals surface area contributed by atoms with Crippen LogP contribution in [0.3, 0.4) is 0 Å². The zero-order valence-electron chi connectivity index (χ0n) is 10.4. The molecular formula is C12H15N5O. The maximum absolute atomic E-state index is 12.0. The Labute approximate surface area is 105 Å². The molecule has 0 bridgehead atoms. The van der Waals surface area contributed by atoms with Crippen molar-refractivity contribution in [2.24, 2.45) is 0 Å². The summed E-state index contributed by atoms with van der Waals surface area (Å²) in [5, 5.41) is 13.8. The fraction of sp³-hybridized carbons (Fsp3) is 0.333. The van der Waals surface area contributed by atoms with Crippen LogP contribution < -0.4 is 5.32 Å². The van der Waals surface area contributed by atoms with Crippen molar-refractivity contribution in [3.63, 3.8) is 0 Å². The number of hydrogen-bond acceptors (Lipinski definition) is 4. The lowest BCUT2D eigenvalue weighted by Gasteiger charge is -2.11. The number of nitrogens with zero attached hydrogens (tertiary/aromatic N) is 4. The van der Waals surface area contributed by atoms with Gasteiger partial charge in [-0.2, -0.15) is 0 Å². The number of amides is 1. The second-order valence-electron chi connectivity index (χ2n) is 4.09. The molecule has 18 heavy (non-hydrogen) atoms. The fourth-order valence-electron chi connectivity index (χ4n) is 1.48. The van der Waals surface area contributed by atoms with Crippen molar-refractivity contribution in [3.8, 4) is 5.69 Å². The Morgan fingerprint density at radius 3 is 3.00 bits per heavy atom. The number of aromatic nitrogens is 4. The van der Waals surface area contributed by atoms with Gasteiger partial charge in [-0.25, -0.2) is 4.68 Å². The predicted octanol–water partition coefficient (Wildman–Crippen LogP) is 1.19. The first-order valence-electron chi connectivity index (χ1n) is 5.85. The van der Waals surface area contributed by atoms with Gasteiger partial charge < -0.3 is 5.32 Å². The lowest BCUT2D eigenvalue weighted by atomic mass is 10.1. The van der Waals surface area contributed by atoms with Crippen molar-refractivity contribution in [3.05, 3.63) is 36.2 Å². The van der Waals surface area contributed by atoms with Crippen LogP contribution in [0.1, 0.15) is 30.6 Å². The van der Waals surface area contributed by atoms with Gasteiger partial charge in [0.2, 0.25) is 0 Å². The zero-order valence-corrected chi connectivity index (χ0v) is 10.4. The summed E-state index contributed by atoms with van der Waals surface area (Å²) in [7, 11) is 0. The van der Waals surface area contributed by atoms with Gasteiger partial charge in [0.05, 0.1) is 5.69 Å². The normalized spacial score (nSPS) is 12.1. The smallest absolute Gasteiger partial charge is 0.251 e. The SMILES string of the molecule is CCC(C)NC(=O)c1cccc(-n2cnnn2)c1. The lowest BCUT2D eigenvalue weighted by Crippen LogP contribution is -2.31. The molecule has 0 fully saturated rings. The molecule has 0 aliphatic rings. The third-order valence-electron chi connectivity index (χ3n) is 2.71. The number of rotatable bonds is 4. The highest BCUT2D eigenvalue weighted by atomic mass is 16.1. The summed E-state index contributed by atoms with van der Waals surface area (Å²) in [5.74, 6) is -0.0840. The molecule has 1 unspecified atom stereocenters. The minimum absolute atomic E-state index is 0.0840. The molecule has 1 N–H and O–H groups in total. The highest BCUT2D eigenvalue weighted by Gasteiger charge is 2.09. The molecule has 1 amide bonds. The second-order valence-corrected chi connectivity index (χ2v) is 4.09. The van der Waals surface area contributed by atoms with E-state index in [-0.39, 0.29) is 11.9 Å².